The van der Waals surface area contributed by atoms with Gasteiger partial charge in [0.25, 0.3) is 4.84 Å². The summed E-state index contributed by atoms with van der Waals surface area (Å²) in [6.45, 7) is 0. The second-order valence-electron chi connectivity index (χ2n) is 3.08. The van der Waals surface area contributed by atoms with Gasteiger partial charge in [0.1, 0.15) is 0 Å². The molecule has 0 atom stereocenters. The van der Waals surface area contributed by atoms with Crippen LogP contribution in [0.5, 0.6) is 0 Å². The molecule has 0 radical (unpaired) electrons. The summed E-state index contributed by atoms with van der Waals surface area (Å²) in [7, 11) is 0. The van der Waals surface area contributed by atoms with Crippen LogP contribution in [0.3, 0.4) is 0 Å². The molecule has 0 fully saturated rings. The molecule has 2 N–H and O–H groups in total. The fraction of sp³-hybridized carbons (Fsp3) is 0.333. The van der Waals surface area contributed by atoms with E-state index in [2.05, 4.69) is 21.2 Å². The van der Waals surface area contributed by atoms with Crippen molar-refractivity contribution in [2.24, 2.45) is 0 Å². The molecule has 2 rings (SSSR count). The Morgan fingerprint density at radius 1 is 1.43 bits per heavy atom. The lowest BCUT2D eigenvalue weighted by atomic mass is 10.1. The number of aromatic nitrogens is 3. The van der Waals surface area contributed by atoms with Gasteiger partial charge in [-0.25, -0.2) is 5.10 Å². The number of hydrogen-bond donors (Lipinski definition) is 2. The van der Waals surface area contributed by atoms with Crippen molar-refractivity contribution < 1.29 is 4.42 Å². The topological polar surface area (TPSA) is 57.6 Å². The molecular weight excluding hydrogens is 198 g/mol. The van der Waals surface area contributed by atoms with E-state index in [9.17, 15) is 0 Å². The molecule has 14 heavy (non-hydrogen) atoms. The van der Waals surface area contributed by atoms with Gasteiger partial charge >= 0.3 is 0 Å². The van der Waals surface area contributed by atoms with Crippen molar-refractivity contribution in [3.8, 4) is 0 Å². The van der Waals surface area contributed by atoms with Crippen molar-refractivity contribution in [1.82, 2.24) is 15.2 Å². The number of rotatable bonds is 4. The van der Waals surface area contributed by atoms with Gasteiger partial charge in [-0.1, -0.05) is 0 Å². The third-order valence-electron chi connectivity index (χ3n) is 2.00. The summed E-state index contributed by atoms with van der Waals surface area (Å²) in [5, 5.41) is 6.54. The molecule has 0 aliphatic rings. The highest BCUT2D eigenvalue weighted by Crippen LogP contribution is 2.05. The van der Waals surface area contributed by atoms with Gasteiger partial charge in [0.2, 0.25) is 5.89 Å². The maximum absolute atomic E-state index is 5.14. The van der Waals surface area contributed by atoms with Crippen LogP contribution in [-0.4, -0.2) is 15.2 Å². The highest BCUT2D eigenvalue weighted by molar-refractivity contribution is 7.71. The van der Waals surface area contributed by atoms with E-state index in [0.29, 0.717) is 10.7 Å². The van der Waals surface area contributed by atoms with Crippen molar-refractivity contribution in [1.29, 1.82) is 0 Å². The minimum atomic E-state index is 0.349. The fourth-order valence-corrected chi connectivity index (χ4v) is 1.47. The average molecular weight is 209 g/mol. The quantitative estimate of drug-likeness (QED) is 0.759. The summed E-state index contributed by atoms with van der Waals surface area (Å²) in [6, 6.07) is 2.07. The van der Waals surface area contributed by atoms with Gasteiger partial charge in [0.05, 0.1) is 0 Å². The molecule has 0 aromatic carbocycles. The number of aryl methyl sites for hydroxylation is 2. The Labute approximate surface area is 86.4 Å². The summed E-state index contributed by atoms with van der Waals surface area (Å²) in [6.07, 6.45) is 6.79. The molecule has 0 aliphatic heterocycles. The Morgan fingerprint density at radius 2 is 2.36 bits per heavy atom. The average Bonchev–Trinajstić information content (AvgIpc) is 2.77. The molecule has 0 saturated heterocycles. The lowest BCUT2D eigenvalue weighted by molar-refractivity contribution is 0.474. The minimum absolute atomic E-state index is 0.349. The van der Waals surface area contributed by atoms with E-state index in [1.165, 1.54) is 5.56 Å². The maximum Gasteiger partial charge on any atom is 0.284 e. The van der Waals surface area contributed by atoms with E-state index in [-0.39, 0.29) is 0 Å². The van der Waals surface area contributed by atoms with E-state index in [4.69, 9.17) is 16.6 Å². The summed E-state index contributed by atoms with van der Waals surface area (Å²) in [5.41, 5.74) is 1.30. The fourth-order valence-electron chi connectivity index (χ4n) is 1.33. The number of nitrogens with zero attached hydrogens (tertiary/aromatic N) is 1. The number of aromatic amines is 2. The molecular formula is C9H11N3OS. The summed E-state index contributed by atoms with van der Waals surface area (Å²) in [5.74, 6) is 0.686. The standard InChI is InChI=1S/C9H11N3OS/c14-9-12-11-8(13-9)3-1-2-7-4-5-10-6-7/h4-6,10H,1-3H2,(H,12,14). The van der Waals surface area contributed by atoms with Gasteiger partial charge in [-0.15, -0.1) is 5.10 Å². The highest BCUT2D eigenvalue weighted by atomic mass is 32.1. The lowest BCUT2D eigenvalue weighted by Gasteiger charge is -1.93. The second kappa shape index (κ2) is 4.23. The van der Waals surface area contributed by atoms with Gasteiger partial charge in [0.15, 0.2) is 0 Å². The number of hydrogen-bond acceptors (Lipinski definition) is 3. The molecule has 2 aromatic rings. The van der Waals surface area contributed by atoms with E-state index in [1.807, 2.05) is 12.4 Å². The van der Waals surface area contributed by atoms with E-state index < -0.39 is 0 Å². The molecule has 2 heterocycles. The van der Waals surface area contributed by atoms with E-state index >= 15 is 0 Å². The van der Waals surface area contributed by atoms with Crippen LogP contribution in [0.25, 0.3) is 0 Å². The Morgan fingerprint density at radius 3 is 3.00 bits per heavy atom. The zero-order valence-corrected chi connectivity index (χ0v) is 8.43. The Hall–Kier alpha value is -1.36. The van der Waals surface area contributed by atoms with E-state index in [1.54, 1.807) is 0 Å². The summed E-state index contributed by atoms with van der Waals surface area (Å²) in [4.78, 5) is 3.37. The van der Waals surface area contributed by atoms with Crippen molar-refractivity contribution in [2.45, 2.75) is 19.3 Å². The van der Waals surface area contributed by atoms with Crippen molar-refractivity contribution >= 4 is 12.2 Å². The first-order chi connectivity index (χ1) is 6.84. The van der Waals surface area contributed by atoms with Gasteiger partial charge in [-0.3, -0.25) is 0 Å². The Balaban J connectivity index is 1.81. The molecule has 0 spiro atoms. The first-order valence-corrected chi connectivity index (χ1v) is 4.91. The zero-order valence-electron chi connectivity index (χ0n) is 7.62. The van der Waals surface area contributed by atoms with Crippen molar-refractivity contribution in [2.75, 3.05) is 0 Å². The van der Waals surface area contributed by atoms with E-state index in [0.717, 1.165) is 19.3 Å². The smallest absolute Gasteiger partial charge is 0.284 e. The summed E-state index contributed by atoms with van der Waals surface area (Å²) < 4.78 is 5.14. The minimum Gasteiger partial charge on any atom is -0.414 e. The largest absolute Gasteiger partial charge is 0.414 e. The van der Waals surface area contributed by atoms with Crippen LogP contribution in [-0.2, 0) is 12.8 Å². The molecule has 2 aromatic heterocycles. The monoisotopic (exact) mass is 209 g/mol. The molecule has 4 nitrogen and oxygen atoms in total. The molecule has 5 heteroatoms. The Kier molecular flexibility index (Phi) is 2.78. The number of H-pyrrole nitrogens is 2. The summed E-state index contributed by atoms with van der Waals surface area (Å²) >= 11 is 4.77. The SMILES string of the molecule is S=c1[nH]nc(CCCc2cc[nH]c2)o1. The Bertz CT molecular complexity index is 429. The third kappa shape index (κ3) is 2.32. The lowest BCUT2D eigenvalue weighted by Crippen LogP contribution is -1.88. The molecule has 0 bridgehead atoms. The van der Waals surface area contributed by atoms with Crippen LogP contribution in [0, 0.1) is 4.84 Å². The van der Waals surface area contributed by atoms with Crippen molar-refractivity contribution in [3.05, 3.63) is 34.8 Å². The van der Waals surface area contributed by atoms with Crippen LogP contribution in [0.1, 0.15) is 17.9 Å². The van der Waals surface area contributed by atoms with Gasteiger partial charge in [-0.2, -0.15) is 0 Å². The second-order valence-corrected chi connectivity index (χ2v) is 3.45. The van der Waals surface area contributed by atoms with Crippen LogP contribution in [0.2, 0.25) is 0 Å². The molecule has 0 unspecified atom stereocenters. The van der Waals surface area contributed by atoms with Crippen LogP contribution >= 0.6 is 12.2 Å². The predicted octanol–water partition coefficient (Wildman–Crippen LogP) is 2.24. The van der Waals surface area contributed by atoms with Crippen LogP contribution < -0.4 is 0 Å². The molecule has 0 amide bonds. The van der Waals surface area contributed by atoms with Crippen LogP contribution in [0.15, 0.2) is 22.9 Å². The van der Waals surface area contributed by atoms with Gasteiger partial charge in [0, 0.05) is 18.8 Å². The molecule has 0 saturated carbocycles. The molecule has 0 aliphatic carbocycles. The van der Waals surface area contributed by atoms with Crippen LogP contribution in [0.4, 0.5) is 0 Å². The normalized spacial score (nSPS) is 10.6. The first-order valence-electron chi connectivity index (χ1n) is 4.50. The number of nitrogens with one attached hydrogen (secondary N) is 2. The first kappa shape index (κ1) is 9.21. The van der Waals surface area contributed by atoms with Gasteiger partial charge < -0.3 is 9.40 Å². The highest BCUT2D eigenvalue weighted by Gasteiger charge is 1.99. The molecule has 74 valence electrons. The maximum atomic E-state index is 5.14. The van der Waals surface area contributed by atoms with Gasteiger partial charge in [-0.05, 0) is 36.7 Å². The zero-order chi connectivity index (χ0) is 9.80. The van der Waals surface area contributed by atoms with Crippen molar-refractivity contribution in [3.63, 3.8) is 0 Å². The third-order valence-corrected chi connectivity index (χ3v) is 2.18. The predicted molar refractivity (Wildman–Crippen MR) is 54.5 cm³/mol.